The van der Waals surface area contributed by atoms with Gasteiger partial charge in [0.25, 0.3) is 0 Å². The maximum absolute atomic E-state index is 13.0. The normalized spacial score (nSPS) is 16.0. The maximum atomic E-state index is 13.0. The van der Waals surface area contributed by atoms with Gasteiger partial charge in [0.2, 0.25) is 0 Å². The van der Waals surface area contributed by atoms with Gasteiger partial charge in [-0.15, -0.1) is 0 Å². The van der Waals surface area contributed by atoms with Gasteiger partial charge in [0.15, 0.2) is 6.29 Å². The summed E-state index contributed by atoms with van der Waals surface area (Å²) < 4.78 is 175. The van der Waals surface area contributed by atoms with Gasteiger partial charge in [-0.05, 0) is 6.92 Å². The van der Waals surface area contributed by atoms with Crippen LogP contribution in [0.15, 0.2) is 0 Å². The van der Waals surface area contributed by atoms with Gasteiger partial charge < -0.3 is 9.47 Å². The van der Waals surface area contributed by atoms with Crippen molar-refractivity contribution in [2.45, 2.75) is 49.6 Å². The van der Waals surface area contributed by atoms with Crippen LogP contribution < -0.4 is 0 Å². The van der Waals surface area contributed by atoms with E-state index in [0.29, 0.717) is 0 Å². The van der Waals surface area contributed by atoms with E-state index >= 15 is 0 Å². The molecule has 0 N–H and O–H groups in total. The first-order chi connectivity index (χ1) is 10.1. The SMILES string of the molecule is CC(OC(F)(C(F)(F)F)C(F)(F)F)OC(F)(C(F)(F)F)C(F)(F)F. The van der Waals surface area contributed by atoms with Gasteiger partial charge >= 0.3 is 36.4 Å². The van der Waals surface area contributed by atoms with Gasteiger partial charge in [0.05, 0.1) is 0 Å². The van der Waals surface area contributed by atoms with Crippen LogP contribution in [0.5, 0.6) is 0 Å². The zero-order chi connectivity index (χ0) is 20.0. The van der Waals surface area contributed by atoms with Gasteiger partial charge in [-0.2, -0.15) is 61.5 Å². The molecule has 0 aliphatic rings. The Morgan fingerprint density at radius 3 is 0.750 bits per heavy atom. The summed E-state index contributed by atoms with van der Waals surface area (Å²) in [6.07, 6.45) is -31.8. The largest absolute Gasteiger partial charge is 0.458 e. The third-order valence-electron chi connectivity index (χ3n) is 2.12. The molecule has 0 aromatic rings. The van der Waals surface area contributed by atoms with Crippen molar-refractivity contribution < 1.29 is 70.9 Å². The number of hydrogen-bond acceptors (Lipinski definition) is 2. The van der Waals surface area contributed by atoms with E-state index in [9.17, 15) is 61.5 Å². The Hall–Kier alpha value is -1.06. The Bertz CT molecular complexity index is 360. The Labute approximate surface area is 122 Å². The monoisotopic (exact) mass is 398 g/mol. The fraction of sp³-hybridized carbons (Fsp3) is 1.00. The van der Waals surface area contributed by atoms with Gasteiger partial charge in [-0.25, -0.2) is 0 Å². The molecule has 0 fully saturated rings. The zero-order valence-corrected chi connectivity index (χ0v) is 10.7. The zero-order valence-electron chi connectivity index (χ0n) is 10.7. The van der Waals surface area contributed by atoms with Crippen LogP contribution in [0.25, 0.3) is 0 Å². The van der Waals surface area contributed by atoms with E-state index in [4.69, 9.17) is 0 Å². The summed E-state index contributed by atoms with van der Waals surface area (Å²) in [5, 5.41) is 0. The van der Waals surface area contributed by atoms with Crippen LogP contribution in [0.1, 0.15) is 6.92 Å². The highest BCUT2D eigenvalue weighted by Crippen LogP contribution is 2.50. The van der Waals surface area contributed by atoms with Crippen molar-refractivity contribution in [3.63, 3.8) is 0 Å². The molecule has 0 atom stereocenters. The van der Waals surface area contributed by atoms with Gasteiger partial charge in [0.1, 0.15) is 0 Å². The molecule has 16 heteroatoms. The summed E-state index contributed by atoms with van der Waals surface area (Å²) in [6, 6.07) is 0. The minimum atomic E-state index is -6.97. The van der Waals surface area contributed by atoms with Crippen molar-refractivity contribution in [1.82, 2.24) is 0 Å². The van der Waals surface area contributed by atoms with Crippen LogP contribution in [-0.2, 0) is 9.47 Å². The van der Waals surface area contributed by atoms with Crippen molar-refractivity contribution in [3.05, 3.63) is 0 Å². The molecule has 0 heterocycles. The molecule has 0 spiro atoms. The van der Waals surface area contributed by atoms with E-state index < -0.39 is 49.6 Å². The molecular weight excluding hydrogens is 394 g/mol. The third kappa shape index (κ3) is 4.12. The maximum Gasteiger partial charge on any atom is 0.458 e. The van der Waals surface area contributed by atoms with Crippen molar-refractivity contribution in [2.24, 2.45) is 0 Å². The van der Waals surface area contributed by atoms with E-state index in [2.05, 4.69) is 9.47 Å². The molecule has 0 rings (SSSR count). The van der Waals surface area contributed by atoms with Crippen LogP contribution in [0.2, 0.25) is 0 Å². The molecule has 0 radical (unpaired) electrons. The fourth-order valence-corrected chi connectivity index (χ4v) is 1.07. The Kier molecular flexibility index (Phi) is 5.76. The van der Waals surface area contributed by atoms with Crippen LogP contribution >= 0.6 is 0 Å². The van der Waals surface area contributed by atoms with Crippen LogP contribution in [-0.4, -0.2) is 42.7 Å². The fourth-order valence-electron chi connectivity index (χ4n) is 1.07. The van der Waals surface area contributed by atoms with E-state index in [0.717, 1.165) is 0 Å². The summed E-state index contributed by atoms with van der Waals surface area (Å²) in [6.45, 7) is -0.433. The van der Waals surface area contributed by atoms with Crippen LogP contribution in [0.3, 0.4) is 0 Å². The molecule has 146 valence electrons. The molecule has 2 nitrogen and oxygen atoms in total. The average molecular weight is 398 g/mol. The van der Waals surface area contributed by atoms with Crippen molar-refractivity contribution >= 4 is 0 Å². The average Bonchev–Trinajstić information content (AvgIpc) is 2.21. The summed E-state index contributed by atoms with van der Waals surface area (Å²) in [4.78, 5) is 0. The molecule has 0 amide bonds. The molecule has 0 bridgehead atoms. The highest BCUT2D eigenvalue weighted by atomic mass is 19.4. The Balaban J connectivity index is 5.69. The highest BCUT2D eigenvalue weighted by Gasteiger charge is 2.78. The van der Waals surface area contributed by atoms with Crippen molar-refractivity contribution in [2.75, 3.05) is 0 Å². The van der Waals surface area contributed by atoms with Crippen molar-refractivity contribution in [3.8, 4) is 0 Å². The van der Waals surface area contributed by atoms with E-state index in [-0.39, 0.29) is 0 Å². The van der Waals surface area contributed by atoms with E-state index in [1.807, 2.05) is 0 Å². The number of alkyl halides is 14. The summed E-state index contributed by atoms with van der Waals surface area (Å²) in [5.74, 6) is -13.4. The second-order valence-corrected chi connectivity index (χ2v) is 3.98. The summed E-state index contributed by atoms with van der Waals surface area (Å²) in [7, 11) is 0. The lowest BCUT2D eigenvalue weighted by molar-refractivity contribution is -0.493. The first kappa shape index (κ1) is 22.9. The predicted octanol–water partition coefficient (Wildman–Crippen LogP) is 4.95. The molecule has 0 unspecified atom stereocenters. The molecule has 0 aliphatic heterocycles. The predicted molar refractivity (Wildman–Crippen MR) is 43.5 cm³/mol. The van der Waals surface area contributed by atoms with Crippen molar-refractivity contribution in [1.29, 1.82) is 0 Å². The minimum absolute atomic E-state index is 0.433. The van der Waals surface area contributed by atoms with Crippen LogP contribution in [0, 0.1) is 0 Å². The molecule has 0 aliphatic carbocycles. The number of rotatable bonds is 4. The number of hydrogen-bond donors (Lipinski definition) is 0. The smallest absolute Gasteiger partial charge is 0.302 e. The Morgan fingerprint density at radius 2 is 0.625 bits per heavy atom. The second-order valence-electron chi connectivity index (χ2n) is 3.98. The molecule has 24 heavy (non-hydrogen) atoms. The topological polar surface area (TPSA) is 18.5 Å². The molecular formula is C8H4F14O2. The number of ether oxygens (including phenoxy) is 2. The Morgan fingerprint density at radius 1 is 0.458 bits per heavy atom. The summed E-state index contributed by atoms with van der Waals surface area (Å²) >= 11 is 0. The van der Waals surface area contributed by atoms with Crippen LogP contribution in [0.4, 0.5) is 61.5 Å². The molecule has 0 saturated heterocycles. The first-order valence-electron chi connectivity index (χ1n) is 5.10. The van der Waals surface area contributed by atoms with Gasteiger partial charge in [0, 0.05) is 0 Å². The third-order valence-corrected chi connectivity index (χ3v) is 2.12. The quantitative estimate of drug-likeness (QED) is 0.493. The molecule has 0 aromatic heterocycles. The number of halogens is 14. The lowest BCUT2D eigenvalue weighted by Crippen LogP contribution is -2.60. The minimum Gasteiger partial charge on any atom is -0.302 e. The molecule has 0 saturated carbocycles. The second kappa shape index (κ2) is 6.03. The van der Waals surface area contributed by atoms with E-state index in [1.165, 1.54) is 0 Å². The summed E-state index contributed by atoms with van der Waals surface area (Å²) in [5.41, 5.74) is 0. The van der Waals surface area contributed by atoms with E-state index in [1.54, 1.807) is 0 Å². The van der Waals surface area contributed by atoms with Gasteiger partial charge in [-0.1, -0.05) is 0 Å². The standard InChI is InChI=1S/C8H4F14O2/c1-2(23-3(9,5(11,12)13)6(14,15)16)24-4(10,7(17,18)19)8(20,21)22/h2H,1H3. The lowest BCUT2D eigenvalue weighted by atomic mass is 10.2. The highest BCUT2D eigenvalue weighted by molar-refractivity contribution is 4.88. The molecule has 0 aromatic carbocycles. The first-order valence-corrected chi connectivity index (χ1v) is 5.10. The van der Waals surface area contributed by atoms with Gasteiger partial charge in [-0.3, -0.25) is 0 Å². The lowest BCUT2D eigenvalue weighted by Gasteiger charge is -2.35.